The number of likely N-dealkylation sites (tertiary alicyclic amines) is 1. The zero-order chi connectivity index (χ0) is 22.2. The Morgan fingerprint density at radius 3 is 2.58 bits per heavy atom. The number of nitrogens with zero attached hydrogens (tertiary/aromatic N) is 5. The van der Waals surface area contributed by atoms with Gasteiger partial charge in [-0.05, 0) is 44.9 Å². The van der Waals surface area contributed by atoms with Crippen molar-refractivity contribution in [1.29, 1.82) is 0 Å². The number of hydrogen-bond donors (Lipinski definition) is 1. The molecule has 31 heavy (non-hydrogen) atoms. The van der Waals surface area contributed by atoms with Crippen LogP contribution in [0.1, 0.15) is 36.7 Å². The van der Waals surface area contributed by atoms with Gasteiger partial charge in [-0.15, -0.1) is 0 Å². The van der Waals surface area contributed by atoms with Gasteiger partial charge in [-0.3, -0.25) is 19.5 Å². The molecule has 1 N–H and O–H groups in total. The lowest BCUT2D eigenvalue weighted by Gasteiger charge is -2.36. The standard InChI is InChI=1S/C22H36N6O3/c1-4-23-22(24-10-7-12-26-11-5-8-18(26)20(29)25(2)3)28-15-13-27(14-16-28)21(30)19-9-6-17-31-19/h6,9,17-18H,4-5,7-8,10-16H2,1-3H3,(H,23,24). The molecule has 0 spiro atoms. The summed E-state index contributed by atoms with van der Waals surface area (Å²) in [6.07, 6.45) is 4.48. The molecule has 3 heterocycles. The fourth-order valence-electron chi connectivity index (χ4n) is 4.23. The van der Waals surface area contributed by atoms with E-state index >= 15 is 0 Å². The molecule has 1 unspecified atom stereocenters. The summed E-state index contributed by atoms with van der Waals surface area (Å²) in [5, 5.41) is 3.37. The average molecular weight is 433 g/mol. The number of hydrogen-bond acceptors (Lipinski definition) is 5. The summed E-state index contributed by atoms with van der Waals surface area (Å²) in [7, 11) is 3.65. The lowest BCUT2D eigenvalue weighted by molar-refractivity contribution is -0.133. The number of nitrogens with one attached hydrogen (secondary N) is 1. The van der Waals surface area contributed by atoms with Gasteiger partial charge in [0.25, 0.3) is 5.91 Å². The highest BCUT2D eigenvalue weighted by molar-refractivity contribution is 5.91. The summed E-state index contributed by atoms with van der Waals surface area (Å²) >= 11 is 0. The Balaban J connectivity index is 1.47. The minimum absolute atomic E-state index is 0.0204. The van der Waals surface area contributed by atoms with Gasteiger partial charge in [0.1, 0.15) is 0 Å². The molecule has 1 atom stereocenters. The summed E-state index contributed by atoms with van der Waals surface area (Å²) in [4.78, 5) is 37.6. The number of aliphatic imine (C=N–C) groups is 1. The molecule has 9 heteroatoms. The van der Waals surface area contributed by atoms with Crippen molar-refractivity contribution >= 4 is 17.8 Å². The number of rotatable bonds is 7. The Morgan fingerprint density at radius 1 is 1.19 bits per heavy atom. The van der Waals surface area contributed by atoms with Gasteiger partial charge in [0.2, 0.25) is 5.91 Å². The molecule has 2 aliphatic heterocycles. The van der Waals surface area contributed by atoms with Crippen LogP contribution in [0.5, 0.6) is 0 Å². The van der Waals surface area contributed by atoms with E-state index in [1.165, 1.54) is 6.26 Å². The predicted octanol–water partition coefficient (Wildman–Crippen LogP) is 0.946. The number of carbonyl (C=O) groups excluding carboxylic acids is 2. The monoisotopic (exact) mass is 432 g/mol. The zero-order valence-electron chi connectivity index (χ0n) is 19.0. The largest absolute Gasteiger partial charge is 0.459 e. The first kappa shape index (κ1) is 23.1. The van der Waals surface area contributed by atoms with Crippen molar-refractivity contribution in [3.8, 4) is 0 Å². The van der Waals surface area contributed by atoms with E-state index in [0.717, 1.165) is 57.9 Å². The number of likely N-dealkylation sites (N-methyl/N-ethyl adjacent to an activating group) is 1. The van der Waals surface area contributed by atoms with E-state index < -0.39 is 0 Å². The molecule has 0 saturated carbocycles. The fraction of sp³-hybridized carbons (Fsp3) is 0.682. The van der Waals surface area contributed by atoms with Gasteiger partial charge in [-0.25, -0.2) is 0 Å². The van der Waals surface area contributed by atoms with Crippen LogP contribution in [0.2, 0.25) is 0 Å². The summed E-state index contributed by atoms with van der Waals surface area (Å²) in [6.45, 7) is 8.22. The van der Waals surface area contributed by atoms with Gasteiger partial charge in [0.15, 0.2) is 11.7 Å². The Hall–Kier alpha value is -2.55. The highest BCUT2D eigenvalue weighted by Crippen LogP contribution is 2.19. The Morgan fingerprint density at radius 2 is 1.94 bits per heavy atom. The maximum absolute atomic E-state index is 12.5. The van der Waals surface area contributed by atoms with Crippen LogP contribution < -0.4 is 5.32 Å². The van der Waals surface area contributed by atoms with E-state index in [-0.39, 0.29) is 17.9 Å². The first-order valence-electron chi connectivity index (χ1n) is 11.3. The molecule has 2 amide bonds. The molecule has 0 aromatic carbocycles. The highest BCUT2D eigenvalue weighted by atomic mass is 16.3. The van der Waals surface area contributed by atoms with Gasteiger partial charge in [0.05, 0.1) is 12.3 Å². The van der Waals surface area contributed by atoms with Crippen molar-refractivity contribution in [1.82, 2.24) is 24.9 Å². The number of guanidine groups is 1. The van der Waals surface area contributed by atoms with E-state index in [2.05, 4.69) is 22.0 Å². The molecule has 172 valence electrons. The van der Waals surface area contributed by atoms with Gasteiger partial charge in [-0.2, -0.15) is 0 Å². The van der Waals surface area contributed by atoms with E-state index in [0.29, 0.717) is 25.4 Å². The third kappa shape index (κ3) is 6.00. The van der Waals surface area contributed by atoms with Gasteiger partial charge in [0, 0.05) is 59.9 Å². The molecule has 0 aliphatic carbocycles. The normalized spacial score (nSPS) is 20.2. The summed E-state index contributed by atoms with van der Waals surface area (Å²) < 4.78 is 5.24. The Kier molecular flexibility index (Phi) is 8.34. The summed E-state index contributed by atoms with van der Waals surface area (Å²) in [5.74, 6) is 1.44. The van der Waals surface area contributed by atoms with Crippen LogP contribution in [0, 0.1) is 0 Å². The minimum Gasteiger partial charge on any atom is -0.459 e. The van der Waals surface area contributed by atoms with E-state index in [4.69, 9.17) is 9.41 Å². The number of piperazine rings is 1. The predicted molar refractivity (Wildman–Crippen MR) is 120 cm³/mol. The Labute approximate surface area is 185 Å². The topological polar surface area (TPSA) is 84.6 Å². The molecule has 1 aromatic rings. The van der Waals surface area contributed by atoms with E-state index in [1.807, 2.05) is 19.0 Å². The van der Waals surface area contributed by atoms with Gasteiger partial charge in [-0.1, -0.05) is 0 Å². The number of amides is 2. The average Bonchev–Trinajstić information content (AvgIpc) is 3.47. The molecular formula is C22H36N6O3. The highest BCUT2D eigenvalue weighted by Gasteiger charge is 2.31. The van der Waals surface area contributed by atoms with Crippen LogP contribution in [0.15, 0.2) is 27.8 Å². The van der Waals surface area contributed by atoms with Crippen LogP contribution in [-0.4, -0.2) is 110 Å². The summed E-state index contributed by atoms with van der Waals surface area (Å²) in [5.41, 5.74) is 0. The van der Waals surface area contributed by atoms with Gasteiger partial charge < -0.3 is 24.4 Å². The smallest absolute Gasteiger partial charge is 0.289 e. The molecule has 3 rings (SSSR count). The minimum atomic E-state index is -0.0565. The van der Waals surface area contributed by atoms with Crippen LogP contribution >= 0.6 is 0 Å². The zero-order valence-corrected chi connectivity index (χ0v) is 19.0. The second-order valence-corrected chi connectivity index (χ2v) is 8.27. The second kappa shape index (κ2) is 11.2. The molecule has 9 nitrogen and oxygen atoms in total. The maximum Gasteiger partial charge on any atom is 0.289 e. The lowest BCUT2D eigenvalue weighted by Crippen LogP contribution is -2.53. The van der Waals surface area contributed by atoms with Crippen molar-refractivity contribution in [2.75, 3.05) is 66.5 Å². The van der Waals surface area contributed by atoms with E-state index in [9.17, 15) is 9.59 Å². The molecule has 0 radical (unpaired) electrons. The van der Waals surface area contributed by atoms with Crippen molar-refractivity contribution in [3.05, 3.63) is 24.2 Å². The first-order chi connectivity index (χ1) is 15.0. The lowest BCUT2D eigenvalue weighted by atomic mass is 10.2. The van der Waals surface area contributed by atoms with Crippen LogP contribution in [0.25, 0.3) is 0 Å². The van der Waals surface area contributed by atoms with E-state index in [1.54, 1.807) is 17.0 Å². The van der Waals surface area contributed by atoms with Crippen molar-refractivity contribution in [2.24, 2.45) is 4.99 Å². The van der Waals surface area contributed by atoms with Crippen LogP contribution in [-0.2, 0) is 4.79 Å². The van der Waals surface area contributed by atoms with Crippen LogP contribution in [0.3, 0.4) is 0 Å². The Bertz CT molecular complexity index is 740. The SMILES string of the molecule is CCNC(=NCCCN1CCCC1C(=O)N(C)C)N1CCN(C(=O)c2ccco2)CC1. The second-order valence-electron chi connectivity index (χ2n) is 8.27. The molecule has 2 saturated heterocycles. The third-order valence-electron chi connectivity index (χ3n) is 5.89. The van der Waals surface area contributed by atoms with Crippen molar-refractivity contribution in [2.45, 2.75) is 32.2 Å². The van der Waals surface area contributed by atoms with Crippen molar-refractivity contribution in [3.63, 3.8) is 0 Å². The number of furan rings is 1. The summed E-state index contributed by atoms with van der Waals surface area (Å²) in [6, 6.07) is 3.46. The first-order valence-corrected chi connectivity index (χ1v) is 11.3. The molecular weight excluding hydrogens is 396 g/mol. The quantitative estimate of drug-likeness (QED) is 0.392. The third-order valence-corrected chi connectivity index (χ3v) is 5.89. The molecule has 2 fully saturated rings. The van der Waals surface area contributed by atoms with Crippen molar-refractivity contribution < 1.29 is 14.0 Å². The van der Waals surface area contributed by atoms with Gasteiger partial charge >= 0.3 is 0 Å². The maximum atomic E-state index is 12.5. The number of carbonyl (C=O) groups is 2. The molecule has 2 aliphatic rings. The molecule has 1 aromatic heterocycles. The molecule has 0 bridgehead atoms. The fourth-order valence-corrected chi connectivity index (χ4v) is 4.23. The van der Waals surface area contributed by atoms with Crippen LogP contribution in [0.4, 0.5) is 0 Å².